The zero-order valence-electron chi connectivity index (χ0n) is 13.8. The fourth-order valence-corrected chi connectivity index (χ4v) is 3.24. The Morgan fingerprint density at radius 3 is 2.00 bits per heavy atom. The molecule has 0 aliphatic carbocycles. The summed E-state index contributed by atoms with van der Waals surface area (Å²) in [6.45, 7) is 8.67. The molecule has 2 saturated heterocycles. The summed E-state index contributed by atoms with van der Waals surface area (Å²) in [4.78, 5) is 27.1. The van der Waals surface area contributed by atoms with Crippen molar-refractivity contribution in [3.05, 3.63) is 0 Å². The average molecular weight is 311 g/mol. The van der Waals surface area contributed by atoms with E-state index in [4.69, 9.17) is 4.74 Å². The number of carbonyl (C=O) groups excluding carboxylic acids is 2. The number of likely N-dealkylation sites (tertiary alicyclic amines) is 2. The Bertz CT molecular complexity index is 403. The highest BCUT2D eigenvalue weighted by Gasteiger charge is 2.31. The number of ether oxygens (including phenoxy) is 1. The SMILES string of the molecule is CC(C)(C)OC(=O)N1CCC(N2CCC(C(=O)[O-])CC2)CC1. The number of nitrogens with zero attached hydrogens (tertiary/aromatic N) is 2. The molecule has 22 heavy (non-hydrogen) atoms. The Balaban J connectivity index is 1.76. The summed E-state index contributed by atoms with van der Waals surface area (Å²) in [5.74, 6) is -1.21. The van der Waals surface area contributed by atoms with Crippen LogP contribution in [0.2, 0.25) is 0 Å². The summed E-state index contributed by atoms with van der Waals surface area (Å²) in [5.41, 5.74) is -0.458. The van der Waals surface area contributed by atoms with Crippen molar-refractivity contribution >= 4 is 12.1 Å². The molecule has 0 atom stereocenters. The second-order valence-corrected chi connectivity index (χ2v) is 7.33. The maximum absolute atomic E-state index is 12.0. The first-order chi connectivity index (χ1) is 10.3. The van der Waals surface area contributed by atoms with Gasteiger partial charge < -0.3 is 24.4 Å². The fourth-order valence-electron chi connectivity index (χ4n) is 3.24. The topological polar surface area (TPSA) is 72.9 Å². The van der Waals surface area contributed by atoms with Crippen molar-refractivity contribution in [2.24, 2.45) is 5.92 Å². The predicted molar refractivity (Wildman–Crippen MR) is 80.1 cm³/mol. The number of aliphatic carboxylic acids is 1. The zero-order chi connectivity index (χ0) is 16.3. The summed E-state index contributed by atoms with van der Waals surface area (Å²) >= 11 is 0. The number of hydrogen-bond acceptors (Lipinski definition) is 5. The number of rotatable bonds is 2. The third-order valence-corrected chi connectivity index (χ3v) is 4.50. The summed E-state index contributed by atoms with van der Waals surface area (Å²) in [5, 5.41) is 10.9. The molecule has 2 rings (SSSR count). The van der Waals surface area contributed by atoms with Crippen LogP contribution in [0.25, 0.3) is 0 Å². The van der Waals surface area contributed by atoms with E-state index in [1.54, 1.807) is 4.90 Å². The maximum Gasteiger partial charge on any atom is 0.410 e. The normalized spacial score (nSPS) is 22.6. The van der Waals surface area contributed by atoms with E-state index in [2.05, 4.69) is 4.90 Å². The Hall–Kier alpha value is -1.30. The third kappa shape index (κ3) is 4.60. The van der Waals surface area contributed by atoms with E-state index in [-0.39, 0.29) is 12.0 Å². The Morgan fingerprint density at radius 2 is 1.55 bits per heavy atom. The number of carbonyl (C=O) groups is 2. The Labute approximate surface area is 132 Å². The molecular weight excluding hydrogens is 284 g/mol. The maximum atomic E-state index is 12.0. The molecular formula is C16H27N2O4-. The van der Waals surface area contributed by atoms with Gasteiger partial charge in [-0.05, 0) is 59.5 Å². The highest BCUT2D eigenvalue weighted by molar-refractivity contribution is 5.68. The number of piperidine rings is 2. The highest BCUT2D eigenvalue weighted by atomic mass is 16.6. The van der Waals surface area contributed by atoms with Gasteiger partial charge in [-0.25, -0.2) is 4.79 Å². The molecule has 0 N–H and O–H groups in total. The molecule has 2 aliphatic rings. The van der Waals surface area contributed by atoms with Crippen LogP contribution in [0.1, 0.15) is 46.5 Å². The summed E-state index contributed by atoms with van der Waals surface area (Å²) < 4.78 is 5.40. The molecule has 0 aromatic rings. The highest BCUT2D eigenvalue weighted by Crippen LogP contribution is 2.24. The molecule has 2 heterocycles. The van der Waals surface area contributed by atoms with Gasteiger partial charge in [0, 0.05) is 31.0 Å². The van der Waals surface area contributed by atoms with E-state index in [0.29, 0.717) is 32.0 Å². The number of carboxylic acid groups (broad SMARTS) is 1. The summed E-state index contributed by atoms with van der Waals surface area (Å²) in [6, 6.07) is 0.446. The van der Waals surface area contributed by atoms with Crippen LogP contribution in [0.3, 0.4) is 0 Å². The van der Waals surface area contributed by atoms with Crippen LogP contribution in [0, 0.1) is 5.92 Å². The van der Waals surface area contributed by atoms with Gasteiger partial charge in [-0.2, -0.15) is 0 Å². The van der Waals surface area contributed by atoms with Gasteiger partial charge in [0.25, 0.3) is 0 Å². The van der Waals surface area contributed by atoms with Crippen LogP contribution >= 0.6 is 0 Å². The van der Waals surface area contributed by atoms with E-state index in [1.165, 1.54) is 0 Å². The lowest BCUT2D eigenvalue weighted by Crippen LogP contribution is -2.51. The second kappa shape index (κ2) is 6.86. The van der Waals surface area contributed by atoms with Crippen molar-refractivity contribution in [2.45, 2.75) is 58.1 Å². The largest absolute Gasteiger partial charge is 0.550 e. The molecule has 6 heteroatoms. The smallest absolute Gasteiger partial charge is 0.410 e. The van der Waals surface area contributed by atoms with Gasteiger partial charge in [0.2, 0.25) is 0 Å². The molecule has 126 valence electrons. The zero-order valence-corrected chi connectivity index (χ0v) is 13.8. The van der Waals surface area contributed by atoms with Crippen LogP contribution in [0.4, 0.5) is 4.79 Å². The van der Waals surface area contributed by atoms with E-state index in [1.807, 2.05) is 20.8 Å². The first-order valence-electron chi connectivity index (χ1n) is 8.19. The lowest BCUT2D eigenvalue weighted by Gasteiger charge is -2.42. The first kappa shape index (κ1) is 17.1. The molecule has 0 aromatic carbocycles. The molecule has 0 radical (unpaired) electrons. The Kier molecular flexibility index (Phi) is 5.32. The first-order valence-corrected chi connectivity index (χ1v) is 8.19. The van der Waals surface area contributed by atoms with Crippen molar-refractivity contribution in [2.75, 3.05) is 26.2 Å². The molecule has 0 unspecified atom stereocenters. The molecule has 0 aromatic heterocycles. The van der Waals surface area contributed by atoms with Crippen molar-refractivity contribution in [3.8, 4) is 0 Å². The minimum atomic E-state index is -0.917. The summed E-state index contributed by atoms with van der Waals surface area (Å²) in [7, 11) is 0. The standard InChI is InChI=1S/C16H28N2O4/c1-16(2,3)22-15(21)18-10-6-13(7-11-18)17-8-4-12(5-9-17)14(19)20/h12-13H,4-11H2,1-3H3,(H,19,20)/p-1. The van der Waals surface area contributed by atoms with Crippen molar-refractivity contribution in [3.63, 3.8) is 0 Å². The monoisotopic (exact) mass is 311 g/mol. The minimum absolute atomic E-state index is 0.235. The van der Waals surface area contributed by atoms with E-state index in [0.717, 1.165) is 25.9 Å². The van der Waals surface area contributed by atoms with Crippen LogP contribution < -0.4 is 5.11 Å². The molecule has 0 saturated carbocycles. The molecule has 0 spiro atoms. The van der Waals surface area contributed by atoms with Crippen LogP contribution in [0.5, 0.6) is 0 Å². The second-order valence-electron chi connectivity index (χ2n) is 7.33. The van der Waals surface area contributed by atoms with Crippen molar-refractivity contribution in [1.29, 1.82) is 0 Å². The van der Waals surface area contributed by atoms with E-state index in [9.17, 15) is 14.7 Å². The fraction of sp³-hybridized carbons (Fsp3) is 0.875. The van der Waals surface area contributed by atoms with Gasteiger partial charge in [0.05, 0.1) is 0 Å². The van der Waals surface area contributed by atoms with Crippen molar-refractivity contribution in [1.82, 2.24) is 9.80 Å². The molecule has 6 nitrogen and oxygen atoms in total. The number of amides is 1. The lowest BCUT2D eigenvalue weighted by molar-refractivity contribution is -0.312. The molecule has 0 bridgehead atoms. The quantitative estimate of drug-likeness (QED) is 0.756. The predicted octanol–water partition coefficient (Wildman–Crippen LogP) is 0.848. The lowest BCUT2D eigenvalue weighted by atomic mass is 9.93. The third-order valence-electron chi connectivity index (χ3n) is 4.50. The van der Waals surface area contributed by atoms with E-state index < -0.39 is 11.6 Å². The van der Waals surface area contributed by atoms with Crippen LogP contribution in [0.15, 0.2) is 0 Å². The molecule has 2 fully saturated rings. The van der Waals surface area contributed by atoms with Gasteiger partial charge in [-0.15, -0.1) is 0 Å². The number of carboxylic acids is 1. The summed E-state index contributed by atoms with van der Waals surface area (Å²) in [6.07, 6.45) is 2.97. The van der Waals surface area contributed by atoms with Gasteiger partial charge in [-0.1, -0.05) is 0 Å². The van der Waals surface area contributed by atoms with Gasteiger partial charge in [0.1, 0.15) is 5.60 Å². The molecule has 2 aliphatic heterocycles. The van der Waals surface area contributed by atoms with E-state index >= 15 is 0 Å². The van der Waals surface area contributed by atoms with Gasteiger partial charge >= 0.3 is 6.09 Å². The van der Waals surface area contributed by atoms with Gasteiger partial charge in [-0.3, -0.25) is 0 Å². The minimum Gasteiger partial charge on any atom is -0.550 e. The Morgan fingerprint density at radius 1 is 1.00 bits per heavy atom. The average Bonchev–Trinajstić information content (AvgIpc) is 2.46. The van der Waals surface area contributed by atoms with Crippen LogP contribution in [-0.4, -0.2) is 59.7 Å². The molecule has 1 amide bonds. The van der Waals surface area contributed by atoms with Crippen LogP contribution in [-0.2, 0) is 9.53 Å². The number of hydrogen-bond donors (Lipinski definition) is 0. The van der Waals surface area contributed by atoms with Gasteiger partial charge in [0.15, 0.2) is 0 Å². The van der Waals surface area contributed by atoms with Crippen molar-refractivity contribution < 1.29 is 19.4 Å².